The fourth-order valence-corrected chi connectivity index (χ4v) is 5.61. The smallest absolute Gasteiger partial charge is 0.411 e. The van der Waals surface area contributed by atoms with E-state index in [4.69, 9.17) is 33.2 Å². The molecule has 2 heterocycles. The summed E-state index contributed by atoms with van der Waals surface area (Å²) in [7, 11) is -1.60. The molecular formula is C33H34FN5O11S. The van der Waals surface area contributed by atoms with Gasteiger partial charge in [0, 0.05) is 19.2 Å². The molecule has 0 radical (unpaired) electrons. The van der Waals surface area contributed by atoms with Crippen LogP contribution < -0.4 is 33.7 Å². The minimum absolute atomic E-state index is 0.0122. The molecule has 2 amide bonds. The number of amides is 2. The summed E-state index contributed by atoms with van der Waals surface area (Å²) in [6, 6.07) is 16.0. The number of sulfonamides is 1. The number of benzene rings is 3. The van der Waals surface area contributed by atoms with Gasteiger partial charge in [-0.15, -0.1) is 0 Å². The maximum Gasteiger partial charge on any atom is 0.411 e. The highest BCUT2D eigenvalue weighted by Gasteiger charge is 2.25. The van der Waals surface area contributed by atoms with Crippen molar-refractivity contribution in [2.24, 2.45) is 0 Å². The van der Waals surface area contributed by atoms with Gasteiger partial charge in [0.05, 0.1) is 38.0 Å². The first-order chi connectivity index (χ1) is 24.7. The van der Waals surface area contributed by atoms with Gasteiger partial charge in [-0.3, -0.25) is 14.8 Å². The van der Waals surface area contributed by atoms with Crippen LogP contribution in [0.25, 0.3) is 0 Å². The summed E-state index contributed by atoms with van der Waals surface area (Å²) >= 11 is 0. The third-order valence-corrected chi connectivity index (χ3v) is 8.45. The van der Waals surface area contributed by atoms with Crippen molar-refractivity contribution in [3.8, 4) is 34.6 Å². The minimum atomic E-state index is -4.40. The van der Waals surface area contributed by atoms with Crippen LogP contribution >= 0.6 is 0 Å². The molecule has 1 aliphatic heterocycles. The number of nitrogens with one attached hydrogen (secondary N) is 2. The topological polar surface area (TPSA) is 186 Å². The van der Waals surface area contributed by atoms with Gasteiger partial charge in [-0.25, -0.2) is 22.6 Å². The molecule has 0 aliphatic carbocycles. The molecule has 1 saturated heterocycles. The van der Waals surface area contributed by atoms with Crippen LogP contribution in [0.15, 0.2) is 78.0 Å². The van der Waals surface area contributed by atoms with E-state index in [9.17, 15) is 22.4 Å². The molecule has 1 fully saturated rings. The molecule has 51 heavy (non-hydrogen) atoms. The first-order valence-electron chi connectivity index (χ1n) is 15.3. The number of carbonyl (C=O) groups excluding carboxylic acids is 2. The van der Waals surface area contributed by atoms with E-state index in [1.807, 2.05) is 0 Å². The van der Waals surface area contributed by atoms with Crippen LogP contribution in [0.5, 0.6) is 34.6 Å². The quantitative estimate of drug-likeness (QED) is 0.167. The molecule has 18 heteroatoms. The van der Waals surface area contributed by atoms with Crippen molar-refractivity contribution in [2.75, 3.05) is 70.4 Å². The number of rotatable bonds is 15. The second kappa shape index (κ2) is 17.2. The van der Waals surface area contributed by atoms with Gasteiger partial charge in [-0.05, 0) is 36.4 Å². The lowest BCUT2D eigenvalue weighted by atomic mass is 10.3. The van der Waals surface area contributed by atoms with Gasteiger partial charge in [0.25, 0.3) is 21.8 Å². The molecule has 0 bridgehead atoms. The highest BCUT2D eigenvalue weighted by molar-refractivity contribution is 7.92. The van der Waals surface area contributed by atoms with Crippen molar-refractivity contribution >= 4 is 33.5 Å². The Bertz CT molecular complexity index is 1940. The van der Waals surface area contributed by atoms with Crippen molar-refractivity contribution in [3.63, 3.8) is 0 Å². The Morgan fingerprint density at radius 3 is 2.33 bits per heavy atom. The third-order valence-electron chi connectivity index (χ3n) is 7.11. The molecule has 0 spiro atoms. The molecular weight excluding hydrogens is 693 g/mol. The van der Waals surface area contributed by atoms with Gasteiger partial charge in [0.1, 0.15) is 25.4 Å². The van der Waals surface area contributed by atoms with Crippen LogP contribution in [0.2, 0.25) is 0 Å². The number of ether oxygens (including phenoxy) is 7. The van der Waals surface area contributed by atoms with Crippen LogP contribution in [0.4, 0.5) is 20.7 Å². The molecule has 0 unspecified atom stereocenters. The fourth-order valence-electron chi connectivity index (χ4n) is 4.59. The Kier molecular flexibility index (Phi) is 12.3. The summed E-state index contributed by atoms with van der Waals surface area (Å²) in [5.41, 5.74) is -0.0688. The second-order valence-corrected chi connectivity index (χ2v) is 12.1. The maximum atomic E-state index is 13.9. The third kappa shape index (κ3) is 9.64. The van der Waals surface area contributed by atoms with E-state index in [1.165, 1.54) is 50.6 Å². The van der Waals surface area contributed by atoms with Gasteiger partial charge >= 0.3 is 6.09 Å². The fraction of sp³-hybridized carbons (Fsp3) is 0.273. The van der Waals surface area contributed by atoms with E-state index in [0.717, 1.165) is 6.33 Å². The summed E-state index contributed by atoms with van der Waals surface area (Å²) in [5.74, 6) is -1.03. The molecule has 4 aromatic rings. The number of nitrogens with zero attached hydrogens (tertiary/aromatic N) is 3. The Balaban J connectivity index is 1.34. The van der Waals surface area contributed by atoms with E-state index in [0.29, 0.717) is 32.1 Å². The van der Waals surface area contributed by atoms with Crippen molar-refractivity contribution < 1.29 is 55.6 Å². The van der Waals surface area contributed by atoms with Gasteiger partial charge in [0.2, 0.25) is 5.75 Å². The van der Waals surface area contributed by atoms with Gasteiger partial charge in [-0.1, -0.05) is 24.3 Å². The zero-order valence-corrected chi connectivity index (χ0v) is 28.3. The number of aromatic nitrogens is 2. The largest absolute Gasteiger partial charge is 0.493 e. The van der Waals surface area contributed by atoms with E-state index in [2.05, 4.69) is 20.0 Å². The molecule has 2 N–H and O–H groups in total. The van der Waals surface area contributed by atoms with E-state index >= 15 is 0 Å². The van der Waals surface area contributed by atoms with Crippen molar-refractivity contribution in [1.82, 2.24) is 14.9 Å². The van der Waals surface area contributed by atoms with Gasteiger partial charge in [-0.2, -0.15) is 4.98 Å². The van der Waals surface area contributed by atoms with Crippen LogP contribution in [0, 0.1) is 5.82 Å². The monoisotopic (exact) mass is 727 g/mol. The molecule has 16 nitrogen and oxygen atoms in total. The Morgan fingerprint density at radius 2 is 1.59 bits per heavy atom. The number of hydrogen-bond donors (Lipinski definition) is 2. The van der Waals surface area contributed by atoms with Crippen LogP contribution in [-0.4, -0.2) is 95.6 Å². The predicted octanol–water partition coefficient (Wildman–Crippen LogP) is 4.09. The average Bonchev–Trinajstić information content (AvgIpc) is 3.14. The number of morpholine rings is 1. The molecule has 3 aromatic carbocycles. The van der Waals surface area contributed by atoms with Crippen LogP contribution in [-0.2, 0) is 24.3 Å². The van der Waals surface area contributed by atoms with Gasteiger partial charge in [0.15, 0.2) is 35.4 Å². The summed E-state index contributed by atoms with van der Waals surface area (Å²) in [6.07, 6.45) is 0.104. The summed E-state index contributed by atoms with van der Waals surface area (Å²) in [6.45, 7) is 0.731. The predicted molar refractivity (Wildman–Crippen MR) is 179 cm³/mol. The lowest BCUT2D eigenvalue weighted by Gasteiger charge is -2.26. The molecule has 1 aromatic heterocycles. The Hall–Kier alpha value is -5.88. The maximum absolute atomic E-state index is 13.9. The SMILES string of the molecule is COc1ccc(S(=O)(=O)Nc2ncnc(OCCOC(=O)Nc3ccccc3F)c2Oc2ccccc2OC)cc1OCC(=O)N1CCOCC1. The highest BCUT2D eigenvalue weighted by atomic mass is 32.2. The van der Waals surface area contributed by atoms with Crippen molar-refractivity contribution in [1.29, 1.82) is 0 Å². The first-order valence-corrected chi connectivity index (χ1v) is 16.8. The second-order valence-electron chi connectivity index (χ2n) is 10.4. The average molecular weight is 728 g/mol. The molecule has 270 valence electrons. The van der Waals surface area contributed by atoms with Crippen molar-refractivity contribution in [2.45, 2.75) is 4.90 Å². The standard InChI is InChI=1S/C33H34FN5O11S/c1-44-25-9-5-6-10-27(25)50-30-31(35-21-36-32(30)47-17-18-48-33(41)37-24-8-4-3-7-23(24)34)38-51(42,43)22-11-12-26(45-2)28(19-22)49-20-29(40)39-13-15-46-16-14-39/h3-12,19,21H,13-18,20H2,1-2H3,(H,37,41)(H,35,36,38). The highest BCUT2D eigenvalue weighted by Crippen LogP contribution is 2.40. The van der Waals surface area contributed by atoms with Crippen molar-refractivity contribution in [3.05, 3.63) is 78.9 Å². The molecule has 1 aliphatic rings. The lowest BCUT2D eigenvalue weighted by molar-refractivity contribution is -0.137. The number of carbonyl (C=O) groups is 2. The Labute approximate surface area is 292 Å². The molecule has 0 saturated carbocycles. The van der Waals surface area contributed by atoms with E-state index in [1.54, 1.807) is 35.2 Å². The first kappa shape index (κ1) is 36.4. The summed E-state index contributed by atoms with van der Waals surface area (Å²) < 4.78 is 82.2. The van der Waals surface area contributed by atoms with Gasteiger partial charge < -0.3 is 38.1 Å². The lowest BCUT2D eigenvalue weighted by Crippen LogP contribution is -2.43. The summed E-state index contributed by atoms with van der Waals surface area (Å²) in [5, 5.41) is 2.28. The number of methoxy groups -OCH3 is 2. The van der Waals surface area contributed by atoms with Crippen LogP contribution in [0.3, 0.4) is 0 Å². The number of halogens is 1. The zero-order chi connectivity index (χ0) is 36.2. The normalized spacial score (nSPS) is 12.7. The Morgan fingerprint density at radius 1 is 0.882 bits per heavy atom. The molecule has 5 rings (SSSR count). The number of hydrogen-bond acceptors (Lipinski definition) is 13. The van der Waals surface area contributed by atoms with E-state index in [-0.39, 0.29) is 71.0 Å². The van der Waals surface area contributed by atoms with E-state index < -0.39 is 21.9 Å². The summed E-state index contributed by atoms with van der Waals surface area (Å²) in [4.78, 5) is 34.3. The number of para-hydroxylation sites is 3. The molecule has 0 atom stereocenters. The number of anilines is 2. The minimum Gasteiger partial charge on any atom is -0.493 e. The van der Waals surface area contributed by atoms with Crippen LogP contribution in [0.1, 0.15) is 0 Å². The zero-order valence-electron chi connectivity index (χ0n) is 27.5.